The van der Waals surface area contributed by atoms with Crippen LogP contribution in [0.1, 0.15) is 33.6 Å². The molecule has 1 aliphatic rings. The zero-order valence-corrected chi connectivity index (χ0v) is 10.8. The lowest BCUT2D eigenvalue weighted by Crippen LogP contribution is -2.24. The van der Waals surface area contributed by atoms with Crippen molar-refractivity contribution >= 4 is 11.5 Å². The van der Waals surface area contributed by atoms with Crippen LogP contribution in [0.5, 0.6) is 5.88 Å². The van der Waals surface area contributed by atoms with Gasteiger partial charge in [-0.2, -0.15) is 4.98 Å². The lowest BCUT2D eigenvalue weighted by molar-refractivity contribution is 0.125. The summed E-state index contributed by atoms with van der Waals surface area (Å²) in [6.07, 6.45) is 2.65. The van der Waals surface area contributed by atoms with E-state index in [1.165, 1.54) is 12.8 Å². The van der Waals surface area contributed by atoms with E-state index in [0.29, 0.717) is 11.6 Å². The molecule has 2 rings (SSSR count). The quantitative estimate of drug-likeness (QED) is 0.842. The summed E-state index contributed by atoms with van der Waals surface area (Å²) in [6.45, 7) is 6.95. The molecule has 0 atom stereocenters. The SMILES string of the molecule is CC(C)(C)Oc1nc(NCC2CC2)ccc1N. The Morgan fingerprint density at radius 1 is 1.41 bits per heavy atom. The smallest absolute Gasteiger partial charge is 0.239 e. The third kappa shape index (κ3) is 3.80. The molecule has 1 saturated carbocycles. The van der Waals surface area contributed by atoms with Gasteiger partial charge in [0.05, 0.1) is 5.69 Å². The number of hydrogen-bond donors (Lipinski definition) is 2. The molecular weight excluding hydrogens is 214 g/mol. The number of pyridine rings is 1. The minimum absolute atomic E-state index is 0.282. The summed E-state index contributed by atoms with van der Waals surface area (Å²) in [6, 6.07) is 3.73. The van der Waals surface area contributed by atoms with Crippen LogP contribution >= 0.6 is 0 Å². The standard InChI is InChI=1S/C13H21N3O/c1-13(2,3)17-12-10(14)6-7-11(16-12)15-8-9-4-5-9/h6-7,9H,4-5,8,14H2,1-3H3,(H,15,16). The van der Waals surface area contributed by atoms with Gasteiger partial charge in [-0.05, 0) is 51.7 Å². The van der Waals surface area contributed by atoms with Crippen molar-refractivity contribution in [3.05, 3.63) is 12.1 Å². The summed E-state index contributed by atoms with van der Waals surface area (Å²) in [5.74, 6) is 2.17. The molecule has 0 aliphatic heterocycles. The molecule has 1 fully saturated rings. The largest absolute Gasteiger partial charge is 0.470 e. The van der Waals surface area contributed by atoms with Crippen LogP contribution in [-0.4, -0.2) is 17.1 Å². The molecule has 1 aromatic rings. The molecule has 0 bridgehead atoms. The average Bonchev–Trinajstić information content (AvgIpc) is 3.01. The fourth-order valence-corrected chi connectivity index (χ4v) is 1.49. The molecule has 4 heteroatoms. The number of hydrogen-bond acceptors (Lipinski definition) is 4. The molecule has 0 saturated heterocycles. The van der Waals surface area contributed by atoms with Crippen molar-refractivity contribution in [3.63, 3.8) is 0 Å². The molecule has 17 heavy (non-hydrogen) atoms. The van der Waals surface area contributed by atoms with Gasteiger partial charge in [0.1, 0.15) is 11.4 Å². The highest BCUT2D eigenvalue weighted by molar-refractivity contribution is 5.53. The Balaban J connectivity index is 2.05. The van der Waals surface area contributed by atoms with Gasteiger partial charge in [-0.3, -0.25) is 0 Å². The van der Waals surface area contributed by atoms with Gasteiger partial charge in [-0.25, -0.2) is 0 Å². The highest BCUT2D eigenvalue weighted by atomic mass is 16.5. The van der Waals surface area contributed by atoms with Crippen molar-refractivity contribution in [2.24, 2.45) is 5.92 Å². The Morgan fingerprint density at radius 3 is 2.71 bits per heavy atom. The second kappa shape index (κ2) is 4.43. The molecule has 1 heterocycles. The second-order valence-corrected chi connectivity index (χ2v) is 5.63. The van der Waals surface area contributed by atoms with E-state index in [-0.39, 0.29) is 5.60 Å². The molecule has 1 aromatic heterocycles. The predicted octanol–water partition coefficient (Wildman–Crippen LogP) is 2.66. The van der Waals surface area contributed by atoms with Crippen molar-refractivity contribution in [1.82, 2.24) is 4.98 Å². The maximum atomic E-state index is 5.85. The van der Waals surface area contributed by atoms with Crippen LogP contribution in [0.25, 0.3) is 0 Å². The number of nitrogens with one attached hydrogen (secondary N) is 1. The van der Waals surface area contributed by atoms with E-state index >= 15 is 0 Å². The van der Waals surface area contributed by atoms with E-state index in [2.05, 4.69) is 10.3 Å². The zero-order valence-electron chi connectivity index (χ0n) is 10.8. The lowest BCUT2D eigenvalue weighted by Gasteiger charge is -2.21. The van der Waals surface area contributed by atoms with Crippen LogP contribution in [0.15, 0.2) is 12.1 Å². The second-order valence-electron chi connectivity index (χ2n) is 5.63. The van der Waals surface area contributed by atoms with E-state index in [0.717, 1.165) is 18.3 Å². The average molecular weight is 235 g/mol. The Morgan fingerprint density at radius 2 is 2.12 bits per heavy atom. The molecule has 0 unspecified atom stereocenters. The van der Waals surface area contributed by atoms with Crippen molar-refractivity contribution in [1.29, 1.82) is 0 Å². The van der Waals surface area contributed by atoms with Gasteiger partial charge in [-0.15, -0.1) is 0 Å². The van der Waals surface area contributed by atoms with Crippen molar-refractivity contribution in [2.75, 3.05) is 17.6 Å². The van der Waals surface area contributed by atoms with Crippen LogP contribution in [0.4, 0.5) is 11.5 Å². The first kappa shape index (κ1) is 12.0. The monoisotopic (exact) mass is 235 g/mol. The molecule has 0 spiro atoms. The number of nitrogens with two attached hydrogens (primary N) is 1. The van der Waals surface area contributed by atoms with E-state index in [1.807, 2.05) is 32.9 Å². The first-order valence-electron chi connectivity index (χ1n) is 6.13. The molecule has 94 valence electrons. The topological polar surface area (TPSA) is 60.2 Å². The van der Waals surface area contributed by atoms with E-state index in [9.17, 15) is 0 Å². The number of nitrogen functional groups attached to an aromatic ring is 1. The molecule has 0 radical (unpaired) electrons. The predicted molar refractivity (Wildman–Crippen MR) is 70.2 cm³/mol. The van der Waals surface area contributed by atoms with E-state index in [4.69, 9.17) is 10.5 Å². The van der Waals surface area contributed by atoms with Crippen LogP contribution in [0, 0.1) is 5.92 Å². The van der Waals surface area contributed by atoms with Crippen LogP contribution in [0.2, 0.25) is 0 Å². The summed E-state index contributed by atoms with van der Waals surface area (Å²) in [5, 5.41) is 3.31. The Labute approximate surface area is 103 Å². The number of aromatic nitrogens is 1. The number of rotatable bonds is 4. The number of anilines is 2. The molecule has 1 aliphatic carbocycles. The van der Waals surface area contributed by atoms with Gasteiger partial charge < -0.3 is 15.8 Å². The normalized spacial score (nSPS) is 15.7. The van der Waals surface area contributed by atoms with Gasteiger partial charge in [0.2, 0.25) is 5.88 Å². The Kier molecular flexibility index (Phi) is 3.13. The zero-order chi connectivity index (χ0) is 12.5. The minimum atomic E-state index is -0.282. The molecule has 0 amide bonds. The van der Waals surface area contributed by atoms with E-state index < -0.39 is 0 Å². The summed E-state index contributed by atoms with van der Waals surface area (Å²) in [7, 11) is 0. The third-order valence-corrected chi connectivity index (χ3v) is 2.56. The number of ether oxygens (including phenoxy) is 1. The maximum absolute atomic E-state index is 5.85. The van der Waals surface area contributed by atoms with Crippen molar-refractivity contribution < 1.29 is 4.74 Å². The Bertz CT molecular complexity index is 394. The summed E-state index contributed by atoms with van der Waals surface area (Å²) in [5.41, 5.74) is 6.15. The van der Waals surface area contributed by atoms with Gasteiger partial charge >= 0.3 is 0 Å². The van der Waals surface area contributed by atoms with Gasteiger partial charge in [0.15, 0.2) is 0 Å². The lowest BCUT2D eigenvalue weighted by atomic mass is 10.2. The van der Waals surface area contributed by atoms with Crippen molar-refractivity contribution in [3.8, 4) is 5.88 Å². The van der Waals surface area contributed by atoms with Gasteiger partial charge in [0, 0.05) is 6.54 Å². The highest BCUT2D eigenvalue weighted by Gasteiger charge is 2.21. The highest BCUT2D eigenvalue weighted by Crippen LogP contribution is 2.29. The minimum Gasteiger partial charge on any atom is -0.470 e. The fraction of sp³-hybridized carbons (Fsp3) is 0.615. The number of nitrogens with zero attached hydrogens (tertiary/aromatic N) is 1. The van der Waals surface area contributed by atoms with Gasteiger partial charge in [0.25, 0.3) is 0 Å². The Hall–Kier alpha value is -1.45. The summed E-state index contributed by atoms with van der Waals surface area (Å²) < 4.78 is 5.72. The van der Waals surface area contributed by atoms with Crippen LogP contribution in [0.3, 0.4) is 0 Å². The molecule has 4 nitrogen and oxygen atoms in total. The summed E-state index contributed by atoms with van der Waals surface area (Å²) >= 11 is 0. The first-order valence-corrected chi connectivity index (χ1v) is 6.13. The molecule has 3 N–H and O–H groups in total. The van der Waals surface area contributed by atoms with Crippen LogP contribution in [-0.2, 0) is 0 Å². The van der Waals surface area contributed by atoms with Gasteiger partial charge in [-0.1, -0.05) is 0 Å². The molecular formula is C13H21N3O. The van der Waals surface area contributed by atoms with E-state index in [1.54, 1.807) is 0 Å². The fourth-order valence-electron chi connectivity index (χ4n) is 1.49. The van der Waals surface area contributed by atoms with Crippen molar-refractivity contribution in [2.45, 2.75) is 39.2 Å². The van der Waals surface area contributed by atoms with Crippen LogP contribution < -0.4 is 15.8 Å². The first-order chi connectivity index (χ1) is 7.94. The molecule has 0 aromatic carbocycles. The summed E-state index contributed by atoms with van der Waals surface area (Å²) in [4.78, 5) is 4.40. The third-order valence-electron chi connectivity index (χ3n) is 2.56. The maximum Gasteiger partial charge on any atom is 0.239 e.